The maximum absolute atomic E-state index is 12.1. The average molecular weight is 345 g/mol. The predicted molar refractivity (Wildman–Crippen MR) is 105 cm³/mol. The summed E-state index contributed by atoms with van der Waals surface area (Å²) in [5, 5.41) is 4.78. The van der Waals surface area contributed by atoms with Gasteiger partial charge < -0.3 is 4.98 Å². The topological polar surface area (TPSA) is 74.3 Å². The van der Waals surface area contributed by atoms with Gasteiger partial charge in [0.2, 0.25) is 0 Å². The number of H-pyrrole nitrogens is 1. The van der Waals surface area contributed by atoms with Gasteiger partial charge in [0.15, 0.2) is 0 Å². The van der Waals surface area contributed by atoms with Crippen molar-refractivity contribution in [3.05, 3.63) is 87.2 Å². The van der Waals surface area contributed by atoms with Crippen LogP contribution in [0.4, 0.5) is 0 Å². The van der Waals surface area contributed by atoms with Gasteiger partial charge in [-0.3, -0.25) is 9.59 Å². The zero-order valence-electron chi connectivity index (χ0n) is 14.6. The van der Waals surface area contributed by atoms with E-state index >= 15 is 0 Å². The molecule has 0 bridgehead atoms. The molecule has 5 nitrogen and oxygen atoms in total. The molecule has 2 aromatic carbocycles. The Morgan fingerprint density at radius 3 is 2.54 bits per heavy atom. The molecule has 1 heterocycles. The Bertz CT molecular complexity index is 1060. The average Bonchev–Trinajstić information content (AvgIpc) is 2.62. The zero-order valence-corrected chi connectivity index (χ0v) is 14.6. The van der Waals surface area contributed by atoms with Crippen molar-refractivity contribution in [2.24, 2.45) is 5.10 Å². The number of aromatic amines is 1. The number of amides is 1. The van der Waals surface area contributed by atoms with E-state index in [1.807, 2.05) is 56.3 Å². The maximum Gasteiger partial charge on any atom is 0.264 e. The molecule has 130 valence electrons. The summed E-state index contributed by atoms with van der Waals surface area (Å²) in [5.41, 5.74) is 6.47. The summed E-state index contributed by atoms with van der Waals surface area (Å²) >= 11 is 0. The van der Waals surface area contributed by atoms with Gasteiger partial charge >= 0.3 is 0 Å². The van der Waals surface area contributed by atoms with E-state index in [0.29, 0.717) is 5.56 Å². The quantitative estimate of drug-likeness (QED) is 0.432. The Morgan fingerprint density at radius 1 is 1.04 bits per heavy atom. The van der Waals surface area contributed by atoms with Crippen molar-refractivity contribution < 1.29 is 4.79 Å². The minimum atomic E-state index is -0.366. The fourth-order valence-electron chi connectivity index (χ4n) is 2.49. The summed E-state index contributed by atoms with van der Waals surface area (Å²) in [6, 6.07) is 15.3. The first-order chi connectivity index (χ1) is 12.5. The van der Waals surface area contributed by atoms with E-state index in [0.717, 1.165) is 27.6 Å². The number of benzene rings is 2. The largest absolute Gasteiger partial charge is 0.321 e. The third kappa shape index (κ3) is 4.33. The van der Waals surface area contributed by atoms with Crippen LogP contribution in [0.25, 0.3) is 17.0 Å². The molecule has 0 aliphatic carbocycles. The predicted octanol–water partition coefficient (Wildman–Crippen LogP) is 3.31. The third-order valence-electron chi connectivity index (χ3n) is 3.91. The zero-order chi connectivity index (χ0) is 18.5. The minimum Gasteiger partial charge on any atom is -0.321 e. The van der Waals surface area contributed by atoms with Gasteiger partial charge in [0.05, 0.1) is 11.8 Å². The highest BCUT2D eigenvalue weighted by Crippen LogP contribution is 2.12. The van der Waals surface area contributed by atoms with Gasteiger partial charge in [-0.15, -0.1) is 0 Å². The molecule has 3 aromatic rings. The van der Waals surface area contributed by atoms with Gasteiger partial charge in [0.1, 0.15) is 0 Å². The number of carbonyl (C=O) groups excluding carboxylic acids is 1. The van der Waals surface area contributed by atoms with Crippen molar-refractivity contribution in [2.75, 3.05) is 0 Å². The first-order valence-corrected chi connectivity index (χ1v) is 8.23. The summed E-state index contributed by atoms with van der Waals surface area (Å²) < 4.78 is 0. The monoisotopic (exact) mass is 345 g/mol. The van der Waals surface area contributed by atoms with Gasteiger partial charge in [0.25, 0.3) is 11.5 Å². The second kappa shape index (κ2) is 7.61. The highest BCUT2D eigenvalue weighted by molar-refractivity contribution is 5.93. The number of fused-ring (bicyclic) bond motifs is 1. The van der Waals surface area contributed by atoms with E-state index in [4.69, 9.17) is 0 Å². The van der Waals surface area contributed by atoms with E-state index < -0.39 is 0 Å². The Morgan fingerprint density at radius 2 is 1.77 bits per heavy atom. The van der Waals surface area contributed by atoms with Crippen LogP contribution in [0.5, 0.6) is 0 Å². The van der Waals surface area contributed by atoms with Crippen LogP contribution in [0.15, 0.2) is 64.5 Å². The van der Waals surface area contributed by atoms with Crippen molar-refractivity contribution >= 4 is 29.1 Å². The summed E-state index contributed by atoms with van der Waals surface area (Å²) in [5.74, 6) is -0.366. The summed E-state index contributed by atoms with van der Waals surface area (Å²) in [4.78, 5) is 26.7. The van der Waals surface area contributed by atoms with Crippen molar-refractivity contribution in [2.45, 2.75) is 13.8 Å². The van der Waals surface area contributed by atoms with Crippen LogP contribution in [0, 0.1) is 13.8 Å². The first kappa shape index (κ1) is 17.4. The summed E-state index contributed by atoms with van der Waals surface area (Å²) in [7, 11) is 0. The lowest BCUT2D eigenvalue weighted by Crippen LogP contribution is -2.17. The van der Waals surface area contributed by atoms with E-state index in [1.165, 1.54) is 12.3 Å². The number of pyridine rings is 1. The molecule has 3 rings (SSSR count). The first-order valence-electron chi connectivity index (χ1n) is 8.23. The number of carbonyl (C=O) groups is 1. The lowest BCUT2D eigenvalue weighted by atomic mass is 10.1. The van der Waals surface area contributed by atoms with Gasteiger partial charge in [-0.2, -0.15) is 5.10 Å². The van der Waals surface area contributed by atoms with Crippen LogP contribution in [0.2, 0.25) is 0 Å². The van der Waals surface area contributed by atoms with Crippen molar-refractivity contribution in [3.63, 3.8) is 0 Å². The SMILES string of the molecule is Cc1ccc(/C=C/C(=O)N/N=C\c2cc3cc(C)ccc3[nH]c2=O)cc1. The van der Waals surface area contributed by atoms with Crippen LogP contribution in [0.1, 0.15) is 22.3 Å². The molecular weight excluding hydrogens is 326 g/mol. The molecule has 0 aliphatic rings. The summed E-state index contributed by atoms with van der Waals surface area (Å²) in [6.45, 7) is 3.99. The van der Waals surface area contributed by atoms with Crippen LogP contribution in [0.3, 0.4) is 0 Å². The Kier molecular flexibility index (Phi) is 5.08. The fourth-order valence-corrected chi connectivity index (χ4v) is 2.49. The Labute approximate surface area is 151 Å². The van der Waals surface area contributed by atoms with E-state index in [1.54, 1.807) is 12.1 Å². The number of nitrogens with one attached hydrogen (secondary N) is 2. The number of hydrogen-bond acceptors (Lipinski definition) is 3. The Balaban J connectivity index is 1.69. The van der Waals surface area contributed by atoms with Crippen LogP contribution < -0.4 is 11.0 Å². The van der Waals surface area contributed by atoms with Crippen molar-refractivity contribution in [1.29, 1.82) is 0 Å². The molecule has 0 radical (unpaired) electrons. The molecule has 0 saturated heterocycles. The molecule has 1 aromatic heterocycles. The van der Waals surface area contributed by atoms with E-state index in [2.05, 4.69) is 15.5 Å². The minimum absolute atomic E-state index is 0.255. The second-order valence-corrected chi connectivity index (χ2v) is 6.12. The molecule has 0 atom stereocenters. The van der Waals surface area contributed by atoms with Gasteiger partial charge in [-0.1, -0.05) is 41.5 Å². The molecular formula is C21H19N3O2. The van der Waals surface area contributed by atoms with Crippen molar-refractivity contribution in [1.82, 2.24) is 10.4 Å². The van der Waals surface area contributed by atoms with Gasteiger partial charge in [-0.05, 0) is 49.1 Å². The van der Waals surface area contributed by atoms with E-state index in [9.17, 15) is 9.59 Å². The molecule has 0 unspecified atom stereocenters. The van der Waals surface area contributed by atoms with Crippen LogP contribution in [-0.4, -0.2) is 17.1 Å². The molecule has 0 spiro atoms. The van der Waals surface area contributed by atoms with Crippen molar-refractivity contribution in [3.8, 4) is 0 Å². The number of hydrazone groups is 1. The van der Waals surface area contributed by atoms with Crippen LogP contribution in [-0.2, 0) is 4.79 Å². The van der Waals surface area contributed by atoms with Gasteiger partial charge in [0, 0.05) is 11.6 Å². The normalized spacial score (nSPS) is 11.5. The summed E-state index contributed by atoms with van der Waals surface area (Å²) in [6.07, 6.45) is 4.45. The van der Waals surface area contributed by atoms with Crippen LogP contribution >= 0.6 is 0 Å². The molecule has 2 N–H and O–H groups in total. The number of aryl methyl sites for hydroxylation is 2. The standard InChI is InChI=1S/C21H19N3O2/c1-14-3-6-16(7-4-14)8-10-20(25)24-22-13-18-12-17-11-15(2)5-9-19(17)23-21(18)26/h3-13H,1-2H3,(H,23,26)(H,24,25)/b10-8+,22-13-. The van der Waals surface area contributed by atoms with Gasteiger partial charge in [-0.25, -0.2) is 5.43 Å². The third-order valence-corrected chi connectivity index (χ3v) is 3.91. The highest BCUT2D eigenvalue weighted by atomic mass is 16.2. The molecule has 1 amide bonds. The number of nitrogens with zero attached hydrogens (tertiary/aromatic N) is 1. The highest BCUT2D eigenvalue weighted by Gasteiger charge is 2.01. The molecule has 26 heavy (non-hydrogen) atoms. The smallest absolute Gasteiger partial charge is 0.264 e. The number of rotatable bonds is 4. The number of aromatic nitrogens is 1. The fraction of sp³-hybridized carbons (Fsp3) is 0.0952. The van der Waals surface area contributed by atoms with E-state index in [-0.39, 0.29) is 11.5 Å². The second-order valence-electron chi connectivity index (χ2n) is 6.12. The lowest BCUT2D eigenvalue weighted by molar-refractivity contribution is -0.116. The molecule has 0 aliphatic heterocycles. The lowest BCUT2D eigenvalue weighted by Gasteiger charge is -2.01. The molecule has 0 saturated carbocycles. The Hall–Kier alpha value is -3.47. The number of hydrogen-bond donors (Lipinski definition) is 2. The molecule has 0 fully saturated rings. The molecule has 5 heteroatoms. The maximum atomic E-state index is 12.1.